The van der Waals surface area contributed by atoms with E-state index < -0.39 is 5.97 Å². The lowest BCUT2D eigenvalue weighted by Gasteiger charge is -2.10. The van der Waals surface area contributed by atoms with Crippen LogP contribution in [0.1, 0.15) is 21.9 Å². The molecule has 98 valence electrons. The zero-order valence-electron chi connectivity index (χ0n) is 10.2. The molecule has 0 atom stereocenters. The second kappa shape index (κ2) is 5.67. The van der Waals surface area contributed by atoms with E-state index >= 15 is 0 Å². The molecule has 0 saturated carbocycles. The van der Waals surface area contributed by atoms with Gasteiger partial charge in [0.05, 0.1) is 22.9 Å². The summed E-state index contributed by atoms with van der Waals surface area (Å²) in [4.78, 5) is 19.4. The second-order valence-corrected chi connectivity index (χ2v) is 4.32. The minimum atomic E-state index is -1.06. The number of aryl methyl sites for hydroxylation is 1. The Hall–Kier alpha value is -2.14. The maximum absolute atomic E-state index is 11.2. The highest BCUT2D eigenvalue weighted by Crippen LogP contribution is 2.24. The third-order valence-corrected chi connectivity index (χ3v) is 2.84. The van der Waals surface area contributed by atoms with E-state index in [-0.39, 0.29) is 10.6 Å². The van der Waals surface area contributed by atoms with Gasteiger partial charge >= 0.3 is 5.97 Å². The molecule has 0 amide bonds. The lowest BCUT2D eigenvalue weighted by molar-refractivity contribution is 0.0698. The number of anilines is 1. The summed E-state index contributed by atoms with van der Waals surface area (Å²) in [6.45, 7) is 2.20. The van der Waals surface area contributed by atoms with Crippen LogP contribution in [0, 0.1) is 6.92 Å². The Morgan fingerprint density at radius 2 is 2.21 bits per heavy atom. The van der Waals surface area contributed by atoms with Gasteiger partial charge in [-0.15, -0.1) is 0 Å². The summed E-state index contributed by atoms with van der Waals surface area (Å²) < 4.78 is 0. The smallest absolute Gasteiger partial charge is 0.339 e. The Kier molecular flexibility index (Phi) is 3.97. The van der Waals surface area contributed by atoms with Crippen LogP contribution in [0.4, 0.5) is 5.69 Å². The van der Waals surface area contributed by atoms with Crippen LogP contribution in [0.25, 0.3) is 0 Å². The van der Waals surface area contributed by atoms with Gasteiger partial charge in [-0.1, -0.05) is 17.7 Å². The zero-order valence-corrected chi connectivity index (χ0v) is 11.0. The predicted octanol–water partition coefficient (Wildman–Crippen LogP) is 2.75. The molecule has 19 heavy (non-hydrogen) atoms. The molecule has 0 spiro atoms. The van der Waals surface area contributed by atoms with Gasteiger partial charge in [0.15, 0.2) is 0 Å². The van der Waals surface area contributed by atoms with Crippen LogP contribution in [-0.4, -0.2) is 21.0 Å². The molecule has 0 aliphatic carbocycles. The molecule has 0 unspecified atom stereocenters. The van der Waals surface area contributed by atoms with E-state index in [1.807, 2.05) is 0 Å². The Bertz CT molecular complexity index is 617. The fourth-order valence-corrected chi connectivity index (χ4v) is 1.93. The van der Waals surface area contributed by atoms with Crippen molar-refractivity contribution in [2.45, 2.75) is 13.5 Å². The van der Waals surface area contributed by atoms with Gasteiger partial charge in [0, 0.05) is 6.20 Å². The highest BCUT2D eigenvalue weighted by atomic mass is 35.5. The zero-order chi connectivity index (χ0) is 13.8. The largest absolute Gasteiger partial charge is 0.478 e. The van der Waals surface area contributed by atoms with E-state index in [4.69, 9.17) is 16.7 Å². The molecule has 0 aliphatic rings. The van der Waals surface area contributed by atoms with Crippen molar-refractivity contribution in [3.8, 4) is 0 Å². The van der Waals surface area contributed by atoms with Gasteiger partial charge in [0.1, 0.15) is 11.4 Å². The number of aromatic nitrogens is 2. The van der Waals surface area contributed by atoms with Crippen molar-refractivity contribution in [2.75, 3.05) is 5.32 Å². The van der Waals surface area contributed by atoms with E-state index in [0.717, 1.165) is 5.69 Å². The Balaban J connectivity index is 2.20. The number of rotatable bonds is 4. The highest BCUT2D eigenvalue weighted by molar-refractivity contribution is 6.34. The topological polar surface area (TPSA) is 75.1 Å². The molecule has 0 saturated heterocycles. The fraction of sp³-hybridized carbons (Fsp3) is 0.154. The van der Waals surface area contributed by atoms with Crippen molar-refractivity contribution < 1.29 is 9.90 Å². The molecule has 2 rings (SSSR count). The number of benzene rings is 1. The Morgan fingerprint density at radius 3 is 2.89 bits per heavy atom. The minimum Gasteiger partial charge on any atom is -0.478 e. The second-order valence-electron chi connectivity index (χ2n) is 3.92. The van der Waals surface area contributed by atoms with Crippen LogP contribution < -0.4 is 5.32 Å². The molecule has 0 bridgehead atoms. The molecule has 5 nitrogen and oxygen atoms in total. The number of carboxylic acids is 1. The van der Waals surface area contributed by atoms with Crippen molar-refractivity contribution in [3.63, 3.8) is 0 Å². The van der Waals surface area contributed by atoms with Gasteiger partial charge in [-0.2, -0.15) is 0 Å². The number of carbonyl (C=O) groups is 1. The molecule has 1 aromatic heterocycles. The van der Waals surface area contributed by atoms with Crippen molar-refractivity contribution >= 4 is 23.3 Å². The van der Waals surface area contributed by atoms with E-state index in [1.54, 1.807) is 37.4 Å². The van der Waals surface area contributed by atoms with Crippen LogP contribution in [0.3, 0.4) is 0 Å². The summed E-state index contributed by atoms with van der Waals surface area (Å²) in [5, 5.41) is 12.4. The van der Waals surface area contributed by atoms with Crippen molar-refractivity contribution in [1.82, 2.24) is 9.97 Å². The van der Waals surface area contributed by atoms with Crippen LogP contribution >= 0.6 is 11.6 Å². The summed E-state index contributed by atoms with van der Waals surface area (Å²) in [5.74, 6) is -0.393. The molecular weight excluding hydrogens is 266 g/mol. The number of nitrogens with one attached hydrogen (secondary N) is 1. The van der Waals surface area contributed by atoms with Crippen molar-refractivity contribution in [2.24, 2.45) is 0 Å². The van der Waals surface area contributed by atoms with Crippen LogP contribution in [-0.2, 0) is 6.54 Å². The van der Waals surface area contributed by atoms with Gasteiger partial charge in [-0.3, -0.25) is 0 Å². The van der Waals surface area contributed by atoms with Crippen LogP contribution in [0.5, 0.6) is 0 Å². The summed E-state index contributed by atoms with van der Waals surface area (Å²) in [6, 6.07) is 6.68. The molecule has 6 heteroatoms. The average Bonchev–Trinajstić information content (AvgIpc) is 2.36. The molecule has 0 aliphatic heterocycles. The lowest BCUT2D eigenvalue weighted by Crippen LogP contribution is -2.08. The maximum atomic E-state index is 11.2. The Morgan fingerprint density at radius 1 is 1.42 bits per heavy atom. The summed E-state index contributed by atoms with van der Waals surface area (Å²) in [6.07, 6.45) is 1.66. The van der Waals surface area contributed by atoms with Crippen molar-refractivity contribution in [3.05, 3.63) is 52.6 Å². The van der Waals surface area contributed by atoms with Gasteiger partial charge in [0.25, 0.3) is 0 Å². The van der Waals surface area contributed by atoms with E-state index in [1.165, 1.54) is 0 Å². The standard InChI is InChI=1S/C13H12ClN3O2/c1-8-15-6-5-9(17-8)7-16-11-4-2-3-10(14)12(11)13(18)19/h2-6,16H,7H2,1H3,(H,18,19). The monoisotopic (exact) mass is 277 g/mol. The van der Waals surface area contributed by atoms with Gasteiger partial charge in [-0.25, -0.2) is 14.8 Å². The van der Waals surface area contributed by atoms with Crippen LogP contribution in [0.2, 0.25) is 5.02 Å². The minimum absolute atomic E-state index is 0.0648. The van der Waals surface area contributed by atoms with Crippen LogP contribution in [0.15, 0.2) is 30.5 Å². The molecule has 2 aromatic rings. The highest BCUT2D eigenvalue weighted by Gasteiger charge is 2.13. The average molecular weight is 278 g/mol. The lowest BCUT2D eigenvalue weighted by atomic mass is 10.1. The number of carboxylic acid groups (broad SMARTS) is 1. The molecule has 2 N–H and O–H groups in total. The van der Waals surface area contributed by atoms with E-state index in [0.29, 0.717) is 18.1 Å². The SMILES string of the molecule is Cc1nccc(CNc2cccc(Cl)c2C(=O)O)n1. The fourth-order valence-electron chi connectivity index (χ4n) is 1.68. The number of hydrogen-bond donors (Lipinski definition) is 2. The quantitative estimate of drug-likeness (QED) is 0.899. The van der Waals surface area contributed by atoms with Crippen molar-refractivity contribution in [1.29, 1.82) is 0 Å². The van der Waals surface area contributed by atoms with Gasteiger partial charge < -0.3 is 10.4 Å². The number of nitrogens with zero attached hydrogens (tertiary/aromatic N) is 2. The molecular formula is C13H12ClN3O2. The summed E-state index contributed by atoms with van der Waals surface area (Å²) >= 11 is 5.88. The first-order valence-corrected chi connectivity index (χ1v) is 6.00. The summed E-state index contributed by atoms with van der Waals surface area (Å²) in [5.41, 5.74) is 1.31. The first-order valence-electron chi connectivity index (χ1n) is 5.62. The number of hydrogen-bond acceptors (Lipinski definition) is 4. The maximum Gasteiger partial charge on any atom is 0.339 e. The predicted molar refractivity (Wildman–Crippen MR) is 72.5 cm³/mol. The number of halogens is 1. The molecule has 1 aromatic carbocycles. The Labute approximate surface area is 115 Å². The van der Waals surface area contributed by atoms with E-state index in [9.17, 15) is 4.79 Å². The third kappa shape index (κ3) is 3.20. The molecule has 0 radical (unpaired) electrons. The normalized spacial score (nSPS) is 10.2. The molecule has 1 heterocycles. The first kappa shape index (κ1) is 13.3. The van der Waals surface area contributed by atoms with Gasteiger partial charge in [-0.05, 0) is 25.1 Å². The van der Waals surface area contributed by atoms with E-state index in [2.05, 4.69) is 15.3 Å². The summed E-state index contributed by atoms with van der Waals surface area (Å²) in [7, 11) is 0. The van der Waals surface area contributed by atoms with Gasteiger partial charge in [0.2, 0.25) is 0 Å². The third-order valence-electron chi connectivity index (χ3n) is 2.52. The first-order chi connectivity index (χ1) is 9.08. The number of aromatic carboxylic acids is 1. The molecule has 0 fully saturated rings.